The van der Waals surface area contributed by atoms with Crippen molar-refractivity contribution < 1.29 is 8.42 Å². The van der Waals surface area contributed by atoms with Crippen LogP contribution in [0.15, 0.2) is 10.3 Å². The molecule has 1 aromatic rings. The van der Waals surface area contributed by atoms with Crippen LogP contribution in [0.1, 0.15) is 18.9 Å². The molecule has 0 spiro atoms. The van der Waals surface area contributed by atoms with E-state index in [4.69, 9.17) is 17.3 Å². The molecule has 0 bridgehead atoms. The molecule has 0 saturated carbocycles. The summed E-state index contributed by atoms with van der Waals surface area (Å²) in [7, 11) is -3.44. The Bertz CT molecular complexity index is 507. The minimum Gasteiger partial charge on any atom is -0.326 e. The Morgan fingerprint density at radius 3 is 2.65 bits per heavy atom. The molecule has 2 N–H and O–H groups in total. The number of thiophene rings is 1. The highest BCUT2D eigenvalue weighted by Gasteiger charge is 2.38. The quantitative estimate of drug-likeness (QED) is 0.905. The molecule has 1 aliphatic heterocycles. The average Bonchev–Trinajstić information content (AvgIpc) is 2.74. The van der Waals surface area contributed by atoms with Crippen molar-refractivity contribution in [3.8, 4) is 0 Å². The van der Waals surface area contributed by atoms with Gasteiger partial charge in [0.25, 0.3) is 10.0 Å². The van der Waals surface area contributed by atoms with E-state index in [2.05, 4.69) is 0 Å². The van der Waals surface area contributed by atoms with Gasteiger partial charge in [-0.05, 0) is 31.9 Å². The van der Waals surface area contributed by atoms with Crippen LogP contribution in [0.25, 0.3) is 0 Å². The molecule has 2 unspecified atom stereocenters. The zero-order valence-electron chi connectivity index (χ0n) is 9.68. The van der Waals surface area contributed by atoms with Gasteiger partial charge in [-0.2, -0.15) is 4.31 Å². The highest BCUT2D eigenvalue weighted by Crippen LogP contribution is 2.34. The molecule has 2 heterocycles. The van der Waals surface area contributed by atoms with Gasteiger partial charge in [-0.3, -0.25) is 0 Å². The molecule has 7 heteroatoms. The Hall–Kier alpha value is -0.140. The van der Waals surface area contributed by atoms with Gasteiger partial charge < -0.3 is 5.73 Å². The van der Waals surface area contributed by atoms with Crippen LogP contribution in [0.3, 0.4) is 0 Å². The lowest BCUT2D eigenvalue weighted by atomic mass is 10.2. The summed E-state index contributed by atoms with van der Waals surface area (Å²) < 4.78 is 27.1. The summed E-state index contributed by atoms with van der Waals surface area (Å²) in [4.78, 5) is 0. The number of hydrogen-bond acceptors (Lipinski definition) is 4. The first-order chi connectivity index (χ1) is 7.84. The summed E-state index contributed by atoms with van der Waals surface area (Å²) in [6.45, 7) is 4.13. The SMILES string of the molecule is Cc1cc(S(=O)(=O)N2CCC(N)C2C)sc1Cl. The van der Waals surface area contributed by atoms with E-state index in [1.807, 2.05) is 6.92 Å². The molecular formula is C10H15ClN2O2S2. The second-order valence-electron chi connectivity index (χ2n) is 4.33. The van der Waals surface area contributed by atoms with Crippen molar-refractivity contribution in [1.82, 2.24) is 4.31 Å². The van der Waals surface area contributed by atoms with Gasteiger partial charge in [-0.25, -0.2) is 8.42 Å². The monoisotopic (exact) mass is 294 g/mol. The number of sulfonamides is 1. The van der Waals surface area contributed by atoms with Gasteiger partial charge in [0.2, 0.25) is 0 Å². The van der Waals surface area contributed by atoms with Crippen LogP contribution in [0, 0.1) is 6.92 Å². The molecule has 2 rings (SSSR count). The minimum absolute atomic E-state index is 0.0821. The normalized spacial score (nSPS) is 26.6. The number of halogens is 1. The molecule has 1 aliphatic rings. The van der Waals surface area contributed by atoms with Crippen LogP contribution < -0.4 is 5.73 Å². The molecule has 0 amide bonds. The number of nitrogens with two attached hydrogens (primary N) is 1. The molecule has 1 aromatic heterocycles. The van der Waals surface area contributed by atoms with Gasteiger partial charge in [0.15, 0.2) is 0 Å². The Balaban J connectivity index is 2.37. The maximum atomic E-state index is 12.4. The summed E-state index contributed by atoms with van der Waals surface area (Å²) >= 11 is 7.02. The number of aryl methyl sites for hydroxylation is 1. The Kier molecular flexibility index (Phi) is 3.53. The van der Waals surface area contributed by atoms with Crippen molar-refractivity contribution in [2.75, 3.05) is 6.54 Å². The van der Waals surface area contributed by atoms with E-state index in [0.29, 0.717) is 21.5 Å². The van der Waals surface area contributed by atoms with E-state index in [0.717, 1.165) is 16.9 Å². The van der Waals surface area contributed by atoms with Gasteiger partial charge in [-0.1, -0.05) is 11.6 Å². The highest BCUT2D eigenvalue weighted by atomic mass is 35.5. The average molecular weight is 295 g/mol. The Morgan fingerprint density at radius 2 is 2.24 bits per heavy atom. The summed E-state index contributed by atoms with van der Waals surface area (Å²) in [5, 5.41) is 0. The van der Waals surface area contributed by atoms with E-state index < -0.39 is 10.0 Å². The minimum atomic E-state index is -3.44. The van der Waals surface area contributed by atoms with Crippen molar-refractivity contribution in [2.45, 2.75) is 36.6 Å². The molecule has 2 atom stereocenters. The zero-order chi connectivity index (χ0) is 12.8. The molecule has 0 aliphatic carbocycles. The van der Waals surface area contributed by atoms with Gasteiger partial charge in [0, 0.05) is 18.6 Å². The Labute approximate surface area is 110 Å². The van der Waals surface area contributed by atoms with E-state index in [-0.39, 0.29) is 12.1 Å². The molecule has 0 radical (unpaired) electrons. The van der Waals surface area contributed by atoms with Crippen molar-refractivity contribution in [3.63, 3.8) is 0 Å². The Morgan fingerprint density at radius 1 is 1.59 bits per heavy atom. The second-order valence-corrected chi connectivity index (χ2v) is 8.10. The summed E-state index contributed by atoms with van der Waals surface area (Å²) in [5.41, 5.74) is 6.65. The van der Waals surface area contributed by atoms with Gasteiger partial charge >= 0.3 is 0 Å². The van der Waals surface area contributed by atoms with Crippen LogP contribution in [0.4, 0.5) is 0 Å². The van der Waals surface area contributed by atoms with Crippen LogP contribution in [0.2, 0.25) is 4.34 Å². The van der Waals surface area contributed by atoms with Crippen LogP contribution in [-0.4, -0.2) is 31.4 Å². The number of nitrogens with zero attached hydrogens (tertiary/aromatic N) is 1. The molecule has 1 saturated heterocycles. The van der Waals surface area contributed by atoms with Crippen LogP contribution in [-0.2, 0) is 10.0 Å². The molecule has 4 nitrogen and oxygen atoms in total. The lowest BCUT2D eigenvalue weighted by Crippen LogP contribution is -2.40. The number of rotatable bonds is 2. The smallest absolute Gasteiger partial charge is 0.252 e. The lowest BCUT2D eigenvalue weighted by molar-refractivity contribution is 0.394. The predicted molar refractivity (Wildman–Crippen MR) is 70.0 cm³/mol. The van der Waals surface area contributed by atoms with Crippen molar-refractivity contribution >= 4 is 33.0 Å². The maximum absolute atomic E-state index is 12.4. The zero-order valence-corrected chi connectivity index (χ0v) is 12.1. The van der Waals surface area contributed by atoms with Crippen LogP contribution >= 0.6 is 22.9 Å². The highest BCUT2D eigenvalue weighted by molar-refractivity contribution is 7.91. The van der Waals surface area contributed by atoms with E-state index in [1.54, 1.807) is 13.0 Å². The van der Waals surface area contributed by atoms with Crippen molar-refractivity contribution in [1.29, 1.82) is 0 Å². The summed E-state index contributed by atoms with van der Waals surface area (Å²) in [6, 6.07) is 1.39. The lowest BCUT2D eigenvalue weighted by Gasteiger charge is -2.21. The first-order valence-electron chi connectivity index (χ1n) is 5.37. The van der Waals surface area contributed by atoms with Gasteiger partial charge in [-0.15, -0.1) is 11.3 Å². The predicted octanol–water partition coefficient (Wildman–Crippen LogP) is 1.82. The fourth-order valence-corrected chi connectivity index (χ4v) is 5.48. The van der Waals surface area contributed by atoms with Crippen molar-refractivity contribution in [2.24, 2.45) is 5.73 Å². The second kappa shape index (κ2) is 4.51. The maximum Gasteiger partial charge on any atom is 0.252 e. The third-order valence-electron chi connectivity index (χ3n) is 3.15. The van der Waals surface area contributed by atoms with E-state index in [1.165, 1.54) is 4.31 Å². The fraction of sp³-hybridized carbons (Fsp3) is 0.600. The topological polar surface area (TPSA) is 63.4 Å². The van der Waals surface area contributed by atoms with Crippen molar-refractivity contribution in [3.05, 3.63) is 16.0 Å². The molecular weight excluding hydrogens is 280 g/mol. The molecule has 17 heavy (non-hydrogen) atoms. The first-order valence-corrected chi connectivity index (χ1v) is 8.01. The molecule has 96 valence electrons. The van der Waals surface area contributed by atoms with Crippen LogP contribution in [0.5, 0.6) is 0 Å². The largest absolute Gasteiger partial charge is 0.326 e. The summed E-state index contributed by atoms with van der Waals surface area (Å²) in [6.07, 6.45) is 0.707. The van der Waals surface area contributed by atoms with E-state index in [9.17, 15) is 8.42 Å². The fourth-order valence-electron chi connectivity index (χ4n) is 1.95. The number of hydrogen-bond donors (Lipinski definition) is 1. The third-order valence-corrected chi connectivity index (χ3v) is 7.14. The van der Waals surface area contributed by atoms with E-state index >= 15 is 0 Å². The third kappa shape index (κ3) is 2.24. The molecule has 0 aromatic carbocycles. The van der Waals surface area contributed by atoms with Gasteiger partial charge in [0.1, 0.15) is 4.21 Å². The first kappa shape index (κ1) is 13.3. The summed E-state index contributed by atoms with van der Waals surface area (Å²) in [5.74, 6) is 0. The molecule has 1 fully saturated rings. The van der Waals surface area contributed by atoms with Gasteiger partial charge in [0.05, 0.1) is 4.34 Å². The standard InChI is InChI=1S/C10H15ClN2O2S2/c1-6-5-9(16-10(6)11)17(14,15)13-4-3-8(12)7(13)2/h5,7-8H,3-4,12H2,1-2H3.